The Hall–Kier alpha value is -2.40. The highest BCUT2D eigenvalue weighted by molar-refractivity contribution is 9.10. The van der Waals surface area contributed by atoms with Crippen LogP contribution < -0.4 is 10.1 Å². The van der Waals surface area contributed by atoms with Gasteiger partial charge in [-0.15, -0.1) is 11.6 Å². The number of alkyl halides is 4. The highest BCUT2D eigenvalue weighted by Crippen LogP contribution is 2.34. The number of anilines is 1. The summed E-state index contributed by atoms with van der Waals surface area (Å²) in [5.41, 5.74) is -1.34. The summed E-state index contributed by atoms with van der Waals surface area (Å²) in [6, 6.07) is 2.13. The lowest BCUT2D eigenvalue weighted by molar-refractivity contribution is -0.141. The number of aromatic nitrogens is 2. The molecule has 1 atom stereocenters. The van der Waals surface area contributed by atoms with Gasteiger partial charge in [0.05, 0.1) is 16.8 Å². The topological polar surface area (TPSA) is 56.1 Å². The summed E-state index contributed by atoms with van der Waals surface area (Å²) in [5, 5.41) is 5.00. The Bertz CT molecular complexity index is 1010. The highest BCUT2D eigenvalue weighted by atomic mass is 79.9. The zero-order valence-electron chi connectivity index (χ0n) is 14.8. The van der Waals surface area contributed by atoms with Gasteiger partial charge in [-0.1, -0.05) is 12.2 Å². The number of carbonyl (C=O) groups is 1. The Balaban J connectivity index is 1.81. The van der Waals surface area contributed by atoms with Crippen LogP contribution in [0.1, 0.15) is 12.1 Å². The number of rotatable bonds is 5. The average Bonchev–Trinajstić information content (AvgIpc) is 3.08. The maximum Gasteiger partial charge on any atom is 0.435 e. The number of carbonyl (C=O) groups excluding carboxylic acids is 1. The van der Waals surface area contributed by atoms with Gasteiger partial charge in [-0.3, -0.25) is 4.79 Å². The van der Waals surface area contributed by atoms with Gasteiger partial charge < -0.3 is 10.1 Å². The van der Waals surface area contributed by atoms with Gasteiger partial charge >= 0.3 is 6.18 Å². The van der Waals surface area contributed by atoms with Gasteiger partial charge in [0.2, 0.25) is 5.88 Å². The third-order valence-electron chi connectivity index (χ3n) is 3.90. The van der Waals surface area contributed by atoms with Crippen LogP contribution in [0.4, 0.5) is 27.6 Å². The smallest absolute Gasteiger partial charge is 0.435 e. The lowest BCUT2D eigenvalue weighted by Gasteiger charge is -2.17. The number of nitrogens with zero attached hydrogens (tertiary/aromatic N) is 2. The molecule has 1 amide bonds. The molecule has 0 spiro atoms. The second-order valence-electron chi connectivity index (χ2n) is 6.08. The fraction of sp³-hybridized carbons (Fsp3) is 0.222. The molecule has 3 rings (SSSR count). The lowest BCUT2D eigenvalue weighted by Crippen LogP contribution is -2.22. The summed E-state index contributed by atoms with van der Waals surface area (Å²) < 4.78 is 72.3. The highest BCUT2D eigenvalue weighted by Gasteiger charge is 2.36. The first kappa shape index (κ1) is 22.3. The maximum absolute atomic E-state index is 13.8. The molecule has 0 fully saturated rings. The number of hydrogen-bond donors (Lipinski definition) is 1. The van der Waals surface area contributed by atoms with Crippen molar-refractivity contribution in [2.75, 3.05) is 11.9 Å². The van der Waals surface area contributed by atoms with E-state index in [1.165, 1.54) is 6.08 Å². The molecule has 30 heavy (non-hydrogen) atoms. The Morgan fingerprint density at radius 1 is 1.33 bits per heavy atom. The number of allylic oxidation sites excluding steroid dienone is 4. The van der Waals surface area contributed by atoms with Gasteiger partial charge in [0.25, 0.3) is 5.91 Å². The van der Waals surface area contributed by atoms with Crippen LogP contribution >= 0.6 is 27.5 Å². The zero-order chi connectivity index (χ0) is 22.1. The summed E-state index contributed by atoms with van der Waals surface area (Å²) in [6.07, 6.45) is 0.437. The Labute approximate surface area is 180 Å². The van der Waals surface area contributed by atoms with Crippen molar-refractivity contribution in [3.8, 4) is 5.88 Å². The zero-order valence-corrected chi connectivity index (χ0v) is 17.2. The van der Waals surface area contributed by atoms with Crippen molar-refractivity contribution in [2.24, 2.45) is 0 Å². The standard InChI is InChI=1S/C18H12BrClF5N3O2/c19-10-5-9(21)6-12(22)17(10)26-15(29)8-30-16-7-14(18(23,24)25)27-28(16)13-4-2-1-3-11(13)20/h1-2,4-7,11H,3,8H2,(H,26,29). The third kappa shape index (κ3) is 5.01. The van der Waals surface area contributed by atoms with E-state index in [-0.39, 0.29) is 21.7 Å². The van der Waals surface area contributed by atoms with Crippen LogP contribution in [0.25, 0.3) is 5.70 Å². The first-order valence-corrected chi connectivity index (χ1v) is 9.55. The normalized spacial score (nSPS) is 16.4. The molecule has 1 aromatic heterocycles. The van der Waals surface area contributed by atoms with E-state index < -0.39 is 41.4 Å². The molecular formula is C18H12BrClF5N3O2. The molecule has 160 valence electrons. The van der Waals surface area contributed by atoms with E-state index in [0.29, 0.717) is 18.6 Å². The van der Waals surface area contributed by atoms with Crippen molar-refractivity contribution < 1.29 is 31.5 Å². The number of hydrogen-bond acceptors (Lipinski definition) is 3. The summed E-state index contributed by atoms with van der Waals surface area (Å²) >= 11 is 9.07. The second kappa shape index (κ2) is 8.76. The lowest BCUT2D eigenvalue weighted by atomic mass is 10.1. The van der Waals surface area contributed by atoms with Gasteiger partial charge in [-0.2, -0.15) is 18.3 Å². The Morgan fingerprint density at radius 3 is 2.70 bits per heavy atom. The molecule has 1 aromatic carbocycles. The SMILES string of the molecule is O=C(COc1cc(C(F)(F)F)nn1C1=CC=CCC1Cl)Nc1c(F)cc(F)cc1Br. The molecule has 5 nitrogen and oxygen atoms in total. The molecule has 0 saturated carbocycles. The molecule has 0 saturated heterocycles. The van der Waals surface area contributed by atoms with E-state index in [4.69, 9.17) is 16.3 Å². The van der Waals surface area contributed by atoms with Gasteiger partial charge in [-0.05, 0) is 34.5 Å². The number of nitrogens with one attached hydrogen (secondary N) is 1. The second-order valence-corrected chi connectivity index (χ2v) is 7.46. The molecule has 0 bridgehead atoms. The fourth-order valence-electron chi connectivity index (χ4n) is 2.56. The molecule has 1 heterocycles. The summed E-state index contributed by atoms with van der Waals surface area (Å²) in [7, 11) is 0. The monoisotopic (exact) mass is 511 g/mol. The van der Waals surface area contributed by atoms with Gasteiger partial charge in [0.15, 0.2) is 18.1 Å². The minimum Gasteiger partial charge on any atom is -0.467 e. The van der Waals surface area contributed by atoms with Gasteiger partial charge in [0.1, 0.15) is 5.82 Å². The van der Waals surface area contributed by atoms with Crippen molar-refractivity contribution in [1.29, 1.82) is 0 Å². The predicted octanol–water partition coefficient (Wildman–Crippen LogP) is 5.37. The molecule has 1 N–H and O–H groups in total. The van der Waals surface area contributed by atoms with Crippen molar-refractivity contribution in [3.63, 3.8) is 0 Å². The van der Waals surface area contributed by atoms with Crippen LogP contribution in [0.3, 0.4) is 0 Å². The molecule has 1 aliphatic rings. The van der Waals surface area contributed by atoms with E-state index in [9.17, 15) is 26.7 Å². The van der Waals surface area contributed by atoms with Crippen LogP contribution in [-0.2, 0) is 11.0 Å². The molecule has 12 heteroatoms. The predicted molar refractivity (Wildman–Crippen MR) is 103 cm³/mol. The van der Waals surface area contributed by atoms with Crippen molar-refractivity contribution in [3.05, 3.63) is 58.2 Å². The van der Waals surface area contributed by atoms with Crippen LogP contribution in [0.2, 0.25) is 0 Å². The van der Waals surface area contributed by atoms with Crippen molar-refractivity contribution >= 4 is 44.8 Å². The molecule has 1 unspecified atom stereocenters. The average molecular weight is 513 g/mol. The number of halogens is 7. The van der Waals surface area contributed by atoms with Crippen LogP contribution in [-0.4, -0.2) is 27.7 Å². The van der Waals surface area contributed by atoms with Crippen LogP contribution in [0, 0.1) is 11.6 Å². The van der Waals surface area contributed by atoms with Crippen LogP contribution in [0.15, 0.2) is 40.9 Å². The quantitative estimate of drug-likeness (QED) is 0.433. The first-order chi connectivity index (χ1) is 14.1. The van der Waals surface area contributed by atoms with Crippen molar-refractivity contribution in [2.45, 2.75) is 18.0 Å². The minimum absolute atomic E-state index is 0.0538. The Kier molecular flexibility index (Phi) is 6.51. The molecule has 0 aliphatic heterocycles. The van der Waals surface area contributed by atoms with Gasteiger partial charge in [-0.25, -0.2) is 13.5 Å². The largest absolute Gasteiger partial charge is 0.467 e. The minimum atomic E-state index is -4.75. The van der Waals surface area contributed by atoms with E-state index in [1.807, 2.05) is 0 Å². The van der Waals surface area contributed by atoms with Gasteiger partial charge in [0, 0.05) is 16.6 Å². The molecule has 1 aliphatic carbocycles. The molecular weight excluding hydrogens is 501 g/mol. The van der Waals surface area contributed by atoms with Crippen LogP contribution in [0.5, 0.6) is 5.88 Å². The Morgan fingerprint density at radius 2 is 2.07 bits per heavy atom. The number of benzene rings is 1. The maximum atomic E-state index is 13.8. The summed E-state index contributed by atoms with van der Waals surface area (Å²) in [4.78, 5) is 12.1. The molecule has 2 aromatic rings. The number of amides is 1. The first-order valence-electron chi connectivity index (χ1n) is 8.32. The van der Waals surface area contributed by atoms with Crippen molar-refractivity contribution in [1.82, 2.24) is 9.78 Å². The van der Waals surface area contributed by atoms with E-state index in [2.05, 4.69) is 26.3 Å². The molecule has 0 radical (unpaired) electrons. The number of ether oxygens (including phenoxy) is 1. The van der Waals surface area contributed by atoms with E-state index in [0.717, 1.165) is 10.7 Å². The van der Waals surface area contributed by atoms with E-state index >= 15 is 0 Å². The summed E-state index contributed by atoms with van der Waals surface area (Å²) in [5.74, 6) is -3.16. The third-order valence-corrected chi connectivity index (χ3v) is 4.93. The van der Waals surface area contributed by atoms with E-state index in [1.54, 1.807) is 12.2 Å². The summed E-state index contributed by atoms with van der Waals surface area (Å²) in [6.45, 7) is -0.762. The fourth-order valence-corrected chi connectivity index (χ4v) is 3.34.